The van der Waals surface area contributed by atoms with Gasteiger partial charge < -0.3 is 0 Å². The van der Waals surface area contributed by atoms with Crippen LogP contribution in [0.25, 0.3) is 11.1 Å². The van der Waals surface area contributed by atoms with E-state index in [4.69, 9.17) is 11.6 Å². The molecule has 23 heavy (non-hydrogen) atoms. The van der Waals surface area contributed by atoms with Crippen molar-refractivity contribution in [2.24, 2.45) is 5.92 Å². The Morgan fingerprint density at radius 2 is 1.61 bits per heavy atom. The quantitative estimate of drug-likeness (QED) is 0.579. The second kappa shape index (κ2) is 7.31. The lowest BCUT2D eigenvalue weighted by molar-refractivity contribution is 0.376. The smallest absolute Gasteiger partial charge is 0.126 e. The zero-order valence-corrected chi connectivity index (χ0v) is 14.2. The molecule has 0 saturated heterocycles. The standard InChI is InChI=1S/C21H22ClF/c1-15-2-5-20(14-21(15)23)19-10-8-18(9-11-19)17-6-3-16(4-7-17)12-13-22/h2,5,8-14,16-17H,3-4,6-7H2,1H3/b13-12+/t16-,17-. The van der Waals surface area contributed by atoms with Crippen LogP contribution in [0.2, 0.25) is 0 Å². The van der Waals surface area contributed by atoms with Gasteiger partial charge in [0.25, 0.3) is 0 Å². The van der Waals surface area contributed by atoms with E-state index in [9.17, 15) is 4.39 Å². The largest absolute Gasteiger partial charge is 0.207 e. The molecule has 1 aliphatic rings. The molecule has 1 aliphatic carbocycles. The Balaban J connectivity index is 1.71. The number of hydrogen-bond donors (Lipinski definition) is 0. The highest BCUT2D eigenvalue weighted by Gasteiger charge is 2.20. The molecule has 2 heteroatoms. The van der Waals surface area contributed by atoms with Gasteiger partial charge in [-0.3, -0.25) is 0 Å². The number of allylic oxidation sites excluding steroid dienone is 1. The van der Waals surface area contributed by atoms with Crippen molar-refractivity contribution in [2.45, 2.75) is 38.5 Å². The molecule has 0 bridgehead atoms. The van der Waals surface area contributed by atoms with Crippen LogP contribution in [0.3, 0.4) is 0 Å². The first-order chi connectivity index (χ1) is 11.2. The van der Waals surface area contributed by atoms with Crippen LogP contribution in [0.4, 0.5) is 4.39 Å². The van der Waals surface area contributed by atoms with Gasteiger partial charge in [0.15, 0.2) is 0 Å². The molecule has 0 spiro atoms. The van der Waals surface area contributed by atoms with Gasteiger partial charge in [0.2, 0.25) is 0 Å². The first-order valence-corrected chi connectivity index (χ1v) is 8.74. The van der Waals surface area contributed by atoms with Gasteiger partial charge in [-0.2, -0.15) is 0 Å². The van der Waals surface area contributed by atoms with Crippen LogP contribution in [0, 0.1) is 18.7 Å². The molecule has 120 valence electrons. The molecule has 0 atom stereocenters. The van der Waals surface area contributed by atoms with Crippen molar-refractivity contribution in [3.8, 4) is 11.1 Å². The maximum absolute atomic E-state index is 13.7. The van der Waals surface area contributed by atoms with Crippen molar-refractivity contribution >= 4 is 11.6 Å². The summed E-state index contributed by atoms with van der Waals surface area (Å²) in [6.07, 6.45) is 6.96. The summed E-state index contributed by atoms with van der Waals surface area (Å²) in [6.45, 7) is 1.79. The summed E-state index contributed by atoms with van der Waals surface area (Å²) in [4.78, 5) is 0. The molecule has 0 radical (unpaired) electrons. The third kappa shape index (κ3) is 3.84. The molecule has 0 aromatic heterocycles. The van der Waals surface area contributed by atoms with E-state index in [1.807, 2.05) is 12.1 Å². The molecule has 0 heterocycles. The predicted molar refractivity (Wildman–Crippen MR) is 96.3 cm³/mol. The van der Waals surface area contributed by atoms with E-state index in [0.29, 0.717) is 17.4 Å². The van der Waals surface area contributed by atoms with E-state index in [2.05, 4.69) is 30.3 Å². The zero-order valence-electron chi connectivity index (χ0n) is 13.4. The third-order valence-electron chi connectivity index (χ3n) is 5.00. The molecule has 0 unspecified atom stereocenters. The van der Waals surface area contributed by atoms with Crippen LogP contribution in [-0.4, -0.2) is 0 Å². The van der Waals surface area contributed by atoms with E-state index >= 15 is 0 Å². The van der Waals surface area contributed by atoms with Gasteiger partial charge in [-0.05, 0) is 72.8 Å². The second-order valence-electron chi connectivity index (χ2n) is 6.52. The zero-order chi connectivity index (χ0) is 16.2. The van der Waals surface area contributed by atoms with Gasteiger partial charge in [-0.1, -0.05) is 54.1 Å². The van der Waals surface area contributed by atoms with Crippen LogP contribution in [0.1, 0.15) is 42.7 Å². The van der Waals surface area contributed by atoms with Gasteiger partial charge in [-0.15, -0.1) is 0 Å². The Bertz CT molecular complexity index is 679. The van der Waals surface area contributed by atoms with Gasteiger partial charge in [0.1, 0.15) is 5.82 Å². The first kappa shape index (κ1) is 16.3. The lowest BCUT2D eigenvalue weighted by atomic mass is 9.78. The van der Waals surface area contributed by atoms with Crippen molar-refractivity contribution in [1.82, 2.24) is 0 Å². The molecule has 1 saturated carbocycles. The molecule has 3 rings (SSSR count). The minimum absolute atomic E-state index is 0.141. The highest BCUT2D eigenvalue weighted by atomic mass is 35.5. The normalized spacial score (nSPS) is 21.7. The fourth-order valence-electron chi connectivity index (χ4n) is 3.47. The fourth-order valence-corrected chi connectivity index (χ4v) is 3.67. The number of hydrogen-bond acceptors (Lipinski definition) is 0. The number of halogens is 2. The Hall–Kier alpha value is -1.60. The van der Waals surface area contributed by atoms with Gasteiger partial charge in [-0.25, -0.2) is 4.39 Å². The molecule has 2 aromatic carbocycles. The highest BCUT2D eigenvalue weighted by molar-refractivity contribution is 6.25. The molecule has 0 aliphatic heterocycles. The number of aryl methyl sites for hydroxylation is 1. The minimum atomic E-state index is -0.141. The Kier molecular flexibility index (Phi) is 5.17. The van der Waals surface area contributed by atoms with Crippen LogP contribution in [0.15, 0.2) is 54.1 Å². The maximum atomic E-state index is 13.7. The van der Waals surface area contributed by atoms with Crippen molar-refractivity contribution in [3.05, 3.63) is 71.0 Å². The highest BCUT2D eigenvalue weighted by Crippen LogP contribution is 2.37. The average Bonchev–Trinajstić information content (AvgIpc) is 2.59. The van der Waals surface area contributed by atoms with E-state index < -0.39 is 0 Å². The summed E-state index contributed by atoms with van der Waals surface area (Å²) in [5.74, 6) is 1.13. The van der Waals surface area contributed by atoms with Gasteiger partial charge in [0, 0.05) is 5.54 Å². The first-order valence-electron chi connectivity index (χ1n) is 8.30. The second-order valence-corrected chi connectivity index (χ2v) is 6.77. The summed E-state index contributed by atoms with van der Waals surface area (Å²) in [5, 5.41) is 0. The van der Waals surface area contributed by atoms with Crippen LogP contribution in [0.5, 0.6) is 0 Å². The van der Waals surface area contributed by atoms with Gasteiger partial charge in [0.05, 0.1) is 0 Å². The topological polar surface area (TPSA) is 0 Å². The summed E-state index contributed by atoms with van der Waals surface area (Å²) < 4.78 is 13.7. The van der Waals surface area contributed by atoms with Crippen molar-refractivity contribution in [3.63, 3.8) is 0 Å². The van der Waals surface area contributed by atoms with Crippen molar-refractivity contribution in [2.75, 3.05) is 0 Å². The van der Waals surface area contributed by atoms with E-state index in [1.54, 1.807) is 18.5 Å². The Morgan fingerprint density at radius 3 is 2.22 bits per heavy atom. The molecule has 0 N–H and O–H groups in total. The molecule has 1 fully saturated rings. The maximum Gasteiger partial charge on any atom is 0.126 e. The summed E-state index contributed by atoms with van der Waals surface area (Å²) in [7, 11) is 0. The lowest BCUT2D eigenvalue weighted by Gasteiger charge is -2.27. The van der Waals surface area contributed by atoms with Crippen molar-refractivity contribution in [1.29, 1.82) is 0 Å². The van der Waals surface area contributed by atoms with Crippen LogP contribution in [-0.2, 0) is 0 Å². The lowest BCUT2D eigenvalue weighted by Crippen LogP contribution is -2.11. The molecular weight excluding hydrogens is 307 g/mol. The summed E-state index contributed by atoms with van der Waals surface area (Å²) in [6, 6.07) is 14.1. The minimum Gasteiger partial charge on any atom is -0.207 e. The Morgan fingerprint density at radius 1 is 0.957 bits per heavy atom. The summed E-state index contributed by atoms with van der Waals surface area (Å²) in [5.41, 5.74) is 5.75. The molecule has 0 nitrogen and oxygen atoms in total. The number of rotatable bonds is 3. The average molecular weight is 329 g/mol. The predicted octanol–water partition coefficient (Wildman–Crippen LogP) is 6.83. The van der Waals surface area contributed by atoms with Crippen LogP contribution >= 0.6 is 11.6 Å². The van der Waals surface area contributed by atoms with Crippen molar-refractivity contribution < 1.29 is 4.39 Å². The fraction of sp³-hybridized carbons (Fsp3) is 0.333. The van der Waals surface area contributed by atoms with E-state index in [0.717, 1.165) is 11.1 Å². The monoisotopic (exact) mass is 328 g/mol. The van der Waals surface area contributed by atoms with E-state index in [1.165, 1.54) is 31.2 Å². The Labute approximate surface area is 143 Å². The third-order valence-corrected chi connectivity index (χ3v) is 5.15. The van der Waals surface area contributed by atoms with Gasteiger partial charge >= 0.3 is 0 Å². The molecule has 2 aromatic rings. The molecule has 0 amide bonds. The van der Waals surface area contributed by atoms with Crippen LogP contribution < -0.4 is 0 Å². The SMILES string of the molecule is Cc1ccc(-c2ccc([C@H]3CC[C@H](/C=C/Cl)CC3)cc2)cc1F. The number of benzene rings is 2. The summed E-state index contributed by atoms with van der Waals surface area (Å²) >= 11 is 5.68. The van der Waals surface area contributed by atoms with E-state index in [-0.39, 0.29) is 5.82 Å². The molecular formula is C21H22ClF.